The molecule has 2 amide bonds. The maximum Gasteiger partial charge on any atom is 0.246 e. The molecule has 2 aliphatic rings. The standard InChI is InChI=1S/C17H30N2O2/c1-11(2)9-10-19-14(20)13(16(3,4)5)18-15(21)17(19,6)12-7-8-12/h11-13H,7-10H2,1-6H3,(H,18,21). The van der Waals surface area contributed by atoms with Gasteiger partial charge < -0.3 is 10.2 Å². The van der Waals surface area contributed by atoms with Crippen molar-refractivity contribution >= 4 is 11.8 Å². The van der Waals surface area contributed by atoms with Gasteiger partial charge in [-0.05, 0) is 43.4 Å². The Morgan fingerprint density at radius 2 is 1.86 bits per heavy atom. The van der Waals surface area contributed by atoms with E-state index >= 15 is 0 Å². The number of amides is 2. The third-order valence-electron chi connectivity index (χ3n) is 4.98. The zero-order chi connectivity index (χ0) is 16.0. The van der Waals surface area contributed by atoms with Gasteiger partial charge in [-0.1, -0.05) is 34.6 Å². The van der Waals surface area contributed by atoms with Gasteiger partial charge in [0.25, 0.3) is 0 Å². The number of hydrogen-bond donors (Lipinski definition) is 1. The lowest BCUT2D eigenvalue weighted by atomic mass is 9.79. The Morgan fingerprint density at radius 3 is 2.29 bits per heavy atom. The van der Waals surface area contributed by atoms with Crippen LogP contribution >= 0.6 is 0 Å². The van der Waals surface area contributed by atoms with Gasteiger partial charge in [-0.3, -0.25) is 9.59 Å². The van der Waals surface area contributed by atoms with Gasteiger partial charge in [-0.15, -0.1) is 0 Å². The summed E-state index contributed by atoms with van der Waals surface area (Å²) >= 11 is 0. The highest BCUT2D eigenvalue weighted by atomic mass is 16.2. The molecule has 2 atom stereocenters. The number of hydrogen-bond acceptors (Lipinski definition) is 2. The van der Waals surface area contributed by atoms with Crippen molar-refractivity contribution < 1.29 is 9.59 Å². The van der Waals surface area contributed by atoms with Crippen molar-refractivity contribution in [2.75, 3.05) is 6.54 Å². The molecule has 0 spiro atoms. The van der Waals surface area contributed by atoms with Gasteiger partial charge in [0.05, 0.1) is 0 Å². The van der Waals surface area contributed by atoms with Crippen LogP contribution in [0.4, 0.5) is 0 Å². The van der Waals surface area contributed by atoms with Crippen LogP contribution in [0.1, 0.15) is 60.8 Å². The monoisotopic (exact) mass is 294 g/mol. The van der Waals surface area contributed by atoms with Crippen molar-refractivity contribution in [3.05, 3.63) is 0 Å². The predicted octanol–water partition coefficient (Wildman–Crippen LogP) is 2.57. The van der Waals surface area contributed by atoms with Gasteiger partial charge in [0, 0.05) is 6.54 Å². The Morgan fingerprint density at radius 1 is 1.29 bits per heavy atom. The highest BCUT2D eigenvalue weighted by Crippen LogP contribution is 2.46. The topological polar surface area (TPSA) is 49.4 Å². The number of carbonyl (C=O) groups is 2. The quantitative estimate of drug-likeness (QED) is 0.866. The summed E-state index contributed by atoms with van der Waals surface area (Å²) in [5.41, 5.74) is -0.901. The van der Waals surface area contributed by atoms with Gasteiger partial charge in [-0.2, -0.15) is 0 Å². The normalized spacial score (nSPS) is 30.8. The van der Waals surface area contributed by atoms with Crippen LogP contribution in [0.25, 0.3) is 0 Å². The summed E-state index contributed by atoms with van der Waals surface area (Å²) in [5.74, 6) is 0.985. The van der Waals surface area contributed by atoms with Crippen LogP contribution in [-0.2, 0) is 9.59 Å². The summed E-state index contributed by atoms with van der Waals surface area (Å²) in [4.78, 5) is 27.6. The van der Waals surface area contributed by atoms with Crippen LogP contribution in [0.3, 0.4) is 0 Å². The van der Waals surface area contributed by atoms with Gasteiger partial charge in [0.2, 0.25) is 11.8 Å². The lowest BCUT2D eigenvalue weighted by molar-refractivity contribution is -0.161. The van der Waals surface area contributed by atoms with E-state index in [4.69, 9.17) is 0 Å². The maximum absolute atomic E-state index is 13.0. The Kier molecular flexibility index (Phi) is 4.11. The molecular formula is C17H30N2O2. The second-order valence-corrected chi connectivity index (χ2v) is 8.37. The van der Waals surface area contributed by atoms with E-state index in [9.17, 15) is 9.59 Å². The lowest BCUT2D eigenvalue weighted by Gasteiger charge is -2.49. The highest BCUT2D eigenvalue weighted by Gasteiger charge is 2.58. The van der Waals surface area contributed by atoms with Crippen LogP contribution in [0.2, 0.25) is 0 Å². The SMILES string of the molecule is CC(C)CCN1C(=O)C(C(C)(C)C)NC(=O)C1(C)C1CC1. The summed E-state index contributed by atoms with van der Waals surface area (Å²) in [6.45, 7) is 13.0. The highest BCUT2D eigenvalue weighted by molar-refractivity contribution is 6.00. The summed E-state index contributed by atoms with van der Waals surface area (Å²) < 4.78 is 0. The fourth-order valence-corrected chi connectivity index (χ4v) is 3.21. The minimum absolute atomic E-state index is 0.0354. The van der Waals surface area contributed by atoms with Crippen LogP contribution < -0.4 is 5.32 Å². The lowest BCUT2D eigenvalue weighted by Crippen LogP contribution is -2.72. The Hall–Kier alpha value is -1.06. The van der Waals surface area contributed by atoms with Crippen molar-refractivity contribution in [1.29, 1.82) is 0 Å². The molecular weight excluding hydrogens is 264 g/mol. The summed E-state index contributed by atoms with van der Waals surface area (Å²) in [5, 5.41) is 3.01. The molecule has 1 N–H and O–H groups in total. The van der Waals surface area contributed by atoms with E-state index in [1.807, 2.05) is 32.6 Å². The minimum Gasteiger partial charge on any atom is -0.342 e. The number of carbonyl (C=O) groups excluding carboxylic acids is 2. The average Bonchev–Trinajstić information content (AvgIpc) is 3.16. The first kappa shape index (κ1) is 16.3. The number of piperazine rings is 1. The smallest absolute Gasteiger partial charge is 0.246 e. The van der Waals surface area contributed by atoms with Crippen LogP contribution in [-0.4, -0.2) is 34.8 Å². The molecule has 4 heteroatoms. The molecule has 2 rings (SSSR count). The summed E-state index contributed by atoms with van der Waals surface area (Å²) in [7, 11) is 0. The molecule has 120 valence electrons. The van der Waals surface area contributed by atoms with Crippen LogP contribution in [0, 0.1) is 17.3 Å². The van der Waals surface area contributed by atoms with Gasteiger partial charge in [-0.25, -0.2) is 0 Å². The van der Waals surface area contributed by atoms with E-state index in [-0.39, 0.29) is 17.2 Å². The molecule has 0 aromatic rings. The summed E-state index contributed by atoms with van der Waals surface area (Å²) in [6.07, 6.45) is 3.04. The fraction of sp³-hybridized carbons (Fsp3) is 0.882. The van der Waals surface area contributed by atoms with Gasteiger partial charge in [0.1, 0.15) is 11.6 Å². The van der Waals surface area contributed by atoms with E-state index in [0.717, 1.165) is 19.3 Å². The van der Waals surface area contributed by atoms with E-state index in [1.165, 1.54) is 0 Å². The molecule has 2 unspecified atom stereocenters. The number of nitrogens with zero attached hydrogens (tertiary/aromatic N) is 1. The molecule has 21 heavy (non-hydrogen) atoms. The zero-order valence-electron chi connectivity index (χ0n) is 14.3. The molecule has 0 bridgehead atoms. The predicted molar refractivity (Wildman–Crippen MR) is 83.7 cm³/mol. The van der Waals surface area contributed by atoms with Crippen LogP contribution in [0.5, 0.6) is 0 Å². The molecule has 1 aliphatic carbocycles. The van der Waals surface area contributed by atoms with Crippen molar-refractivity contribution in [2.45, 2.75) is 72.4 Å². The first-order chi connectivity index (χ1) is 9.58. The van der Waals surface area contributed by atoms with E-state index in [0.29, 0.717) is 18.4 Å². The van der Waals surface area contributed by atoms with Crippen molar-refractivity contribution in [2.24, 2.45) is 17.3 Å². The molecule has 4 nitrogen and oxygen atoms in total. The molecule has 2 fully saturated rings. The third kappa shape index (κ3) is 2.95. The maximum atomic E-state index is 13.0. The molecule has 0 radical (unpaired) electrons. The average molecular weight is 294 g/mol. The van der Waals surface area contributed by atoms with E-state index in [1.54, 1.807) is 0 Å². The Labute approximate surface area is 128 Å². The Balaban J connectivity index is 2.30. The molecule has 1 aliphatic heterocycles. The van der Waals surface area contributed by atoms with Gasteiger partial charge >= 0.3 is 0 Å². The zero-order valence-corrected chi connectivity index (χ0v) is 14.3. The molecule has 1 heterocycles. The fourth-order valence-electron chi connectivity index (χ4n) is 3.21. The van der Waals surface area contributed by atoms with Crippen molar-refractivity contribution in [3.8, 4) is 0 Å². The molecule has 1 saturated carbocycles. The second kappa shape index (κ2) is 5.29. The number of rotatable bonds is 4. The first-order valence-electron chi connectivity index (χ1n) is 8.21. The molecule has 0 aromatic carbocycles. The number of nitrogens with one attached hydrogen (secondary N) is 1. The van der Waals surface area contributed by atoms with E-state index < -0.39 is 11.6 Å². The minimum atomic E-state index is -0.645. The van der Waals surface area contributed by atoms with E-state index in [2.05, 4.69) is 19.2 Å². The van der Waals surface area contributed by atoms with Crippen LogP contribution in [0.15, 0.2) is 0 Å². The Bertz CT molecular complexity index is 435. The van der Waals surface area contributed by atoms with Crippen molar-refractivity contribution in [1.82, 2.24) is 10.2 Å². The first-order valence-corrected chi connectivity index (χ1v) is 8.21. The third-order valence-corrected chi connectivity index (χ3v) is 4.98. The largest absolute Gasteiger partial charge is 0.342 e. The second-order valence-electron chi connectivity index (χ2n) is 8.37. The molecule has 0 aromatic heterocycles. The molecule has 1 saturated heterocycles. The van der Waals surface area contributed by atoms with Crippen molar-refractivity contribution in [3.63, 3.8) is 0 Å². The van der Waals surface area contributed by atoms with Gasteiger partial charge in [0.15, 0.2) is 0 Å². The summed E-state index contributed by atoms with van der Waals surface area (Å²) in [6, 6.07) is -0.413.